The number of rotatable bonds is 4. The van der Waals surface area contributed by atoms with Crippen molar-refractivity contribution < 1.29 is 21.6 Å². The minimum atomic E-state index is -3.74. The molecule has 136 valence electrons. The van der Waals surface area contributed by atoms with Gasteiger partial charge in [-0.15, -0.1) is 0 Å². The molecule has 0 unspecified atom stereocenters. The predicted molar refractivity (Wildman–Crippen MR) is 89.6 cm³/mol. The van der Waals surface area contributed by atoms with Crippen molar-refractivity contribution in [1.29, 1.82) is 0 Å². The lowest BCUT2D eigenvalue weighted by molar-refractivity contribution is 0.145. The van der Waals surface area contributed by atoms with Crippen molar-refractivity contribution in [2.24, 2.45) is 0 Å². The molecule has 0 spiro atoms. The fourth-order valence-electron chi connectivity index (χ4n) is 2.57. The zero-order valence-corrected chi connectivity index (χ0v) is 14.6. The van der Waals surface area contributed by atoms with Crippen LogP contribution in [0.4, 0.5) is 13.2 Å². The van der Waals surface area contributed by atoms with Gasteiger partial charge in [0.25, 0.3) is 6.43 Å². The highest BCUT2D eigenvalue weighted by atomic mass is 32.2. The molecule has 1 aromatic carbocycles. The Hall–Kier alpha value is -2.68. The first-order valence-corrected chi connectivity index (χ1v) is 9.37. The summed E-state index contributed by atoms with van der Waals surface area (Å²) in [6.07, 6.45) is -0.362. The molecule has 0 N–H and O–H groups in total. The molecule has 3 rings (SSSR count). The number of pyridine rings is 1. The highest BCUT2D eigenvalue weighted by Gasteiger charge is 2.21. The van der Waals surface area contributed by atoms with Gasteiger partial charge >= 0.3 is 0 Å². The minimum absolute atomic E-state index is 0.125. The van der Waals surface area contributed by atoms with Gasteiger partial charge in [-0.25, -0.2) is 26.3 Å². The third-order valence-corrected chi connectivity index (χ3v) is 4.92. The van der Waals surface area contributed by atoms with E-state index in [0.717, 1.165) is 23.1 Å². The van der Waals surface area contributed by atoms with Crippen molar-refractivity contribution in [1.82, 2.24) is 14.8 Å². The number of hydrogen-bond donors (Lipinski definition) is 0. The molecule has 0 bridgehead atoms. The Kier molecular flexibility index (Phi) is 4.57. The van der Waals surface area contributed by atoms with E-state index in [4.69, 9.17) is 0 Å². The van der Waals surface area contributed by atoms with Gasteiger partial charge in [-0.2, -0.15) is 5.10 Å². The third kappa shape index (κ3) is 3.34. The van der Waals surface area contributed by atoms with Crippen molar-refractivity contribution in [2.75, 3.05) is 6.26 Å². The first-order chi connectivity index (χ1) is 12.2. The highest BCUT2D eigenvalue weighted by Crippen LogP contribution is 2.30. The van der Waals surface area contributed by atoms with E-state index in [1.165, 1.54) is 12.1 Å². The molecule has 0 aliphatic heterocycles. The lowest BCUT2D eigenvalue weighted by atomic mass is 10.1. The quantitative estimate of drug-likeness (QED) is 0.691. The van der Waals surface area contributed by atoms with Gasteiger partial charge in [-0.3, -0.25) is 4.98 Å². The van der Waals surface area contributed by atoms with Crippen LogP contribution >= 0.6 is 0 Å². The van der Waals surface area contributed by atoms with Crippen molar-refractivity contribution >= 4 is 9.84 Å². The van der Waals surface area contributed by atoms with E-state index in [-0.39, 0.29) is 5.69 Å². The van der Waals surface area contributed by atoms with Crippen molar-refractivity contribution in [3.05, 3.63) is 59.8 Å². The first kappa shape index (κ1) is 18.1. The fraction of sp³-hybridized carbons (Fsp3) is 0.176. The van der Waals surface area contributed by atoms with Gasteiger partial charge in [-0.05, 0) is 37.3 Å². The maximum atomic E-state index is 14.2. The average molecular weight is 381 g/mol. The molecule has 2 aromatic heterocycles. The highest BCUT2D eigenvalue weighted by molar-refractivity contribution is 7.90. The van der Waals surface area contributed by atoms with E-state index in [2.05, 4.69) is 10.1 Å². The number of hydrogen-bond acceptors (Lipinski definition) is 4. The second-order valence-corrected chi connectivity index (χ2v) is 7.67. The number of aromatic nitrogens is 3. The van der Waals surface area contributed by atoms with Gasteiger partial charge < -0.3 is 0 Å². The summed E-state index contributed by atoms with van der Waals surface area (Å²) in [4.78, 5) is 3.66. The van der Waals surface area contributed by atoms with Crippen LogP contribution in [0.25, 0.3) is 16.9 Å². The molecule has 26 heavy (non-hydrogen) atoms. The number of sulfone groups is 1. The molecule has 0 saturated carbocycles. The van der Waals surface area contributed by atoms with Crippen LogP contribution in [0, 0.1) is 12.7 Å². The van der Waals surface area contributed by atoms with Gasteiger partial charge in [-0.1, -0.05) is 0 Å². The van der Waals surface area contributed by atoms with Crippen molar-refractivity contribution in [2.45, 2.75) is 18.2 Å². The largest absolute Gasteiger partial charge is 0.282 e. The number of nitrogens with zero attached hydrogens (tertiary/aromatic N) is 3. The van der Waals surface area contributed by atoms with Crippen LogP contribution in [0.2, 0.25) is 0 Å². The van der Waals surface area contributed by atoms with Crippen molar-refractivity contribution in [3.8, 4) is 16.9 Å². The lowest BCUT2D eigenvalue weighted by Gasteiger charge is -2.10. The van der Waals surface area contributed by atoms with Crippen LogP contribution in [0.3, 0.4) is 0 Å². The summed E-state index contributed by atoms with van der Waals surface area (Å²) in [5, 5.41) is 3.85. The second kappa shape index (κ2) is 6.56. The molecule has 5 nitrogen and oxygen atoms in total. The normalized spacial score (nSPS) is 11.9. The standard InChI is InChI=1S/C17H14F3N3O2S/c1-10-12(4-3-7-21-10)15-9-14(17(19)20)22-23(15)11-5-6-16(13(18)8-11)26(2,24)25/h3-9,17H,1-2H3. The van der Waals surface area contributed by atoms with Crippen LogP contribution in [0.15, 0.2) is 47.5 Å². The van der Waals surface area contributed by atoms with Crippen LogP contribution in [0.1, 0.15) is 17.8 Å². The Morgan fingerprint density at radius 2 is 1.88 bits per heavy atom. The zero-order valence-electron chi connectivity index (χ0n) is 13.8. The first-order valence-electron chi connectivity index (χ1n) is 7.48. The fourth-order valence-corrected chi connectivity index (χ4v) is 3.30. The Bertz CT molecular complexity index is 1080. The second-order valence-electron chi connectivity index (χ2n) is 5.69. The van der Waals surface area contributed by atoms with Crippen LogP contribution in [-0.2, 0) is 9.84 Å². The summed E-state index contributed by atoms with van der Waals surface area (Å²) in [5.41, 5.74) is 1.09. The number of halogens is 3. The summed E-state index contributed by atoms with van der Waals surface area (Å²) in [6, 6.07) is 7.90. The molecule has 3 aromatic rings. The molecular formula is C17H14F3N3O2S. The molecule has 0 radical (unpaired) electrons. The van der Waals surface area contributed by atoms with Gasteiger partial charge in [0.05, 0.1) is 11.4 Å². The summed E-state index contributed by atoms with van der Waals surface area (Å²) in [5.74, 6) is -0.979. The SMILES string of the molecule is Cc1ncccc1-c1cc(C(F)F)nn1-c1ccc(S(C)(=O)=O)c(F)c1. The molecule has 2 heterocycles. The summed E-state index contributed by atoms with van der Waals surface area (Å²) in [7, 11) is -3.74. The van der Waals surface area contributed by atoms with Crippen LogP contribution in [0.5, 0.6) is 0 Å². The van der Waals surface area contributed by atoms with Crippen LogP contribution < -0.4 is 0 Å². The maximum Gasteiger partial charge on any atom is 0.282 e. The van der Waals surface area contributed by atoms with E-state index in [0.29, 0.717) is 17.0 Å². The Labute approximate surface area is 148 Å². The number of aryl methyl sites for hydroxylation is 1. The molecular weight excluding hydrogens is 367 g/mol. The van der Waals surface area contributed by atoms with E-state index >= 15 is 0 Å². The van der Waals surface area contributed by atoms with E-state index in [1.54, 1.807) is 25.3 Å². The predicted octanol–water partition coefficient (Wildman–Crippen LogP) is 3.72. The van der Waals surface area contributed by atoms with Gasteiger partial charge in [0.15, 0.2) is 9.84 Å². The molecule has 0 atom stereocenters. The van der Waals surface area contributed by atoms with Gasteiger partial charge in [0.1, 0.15) is 16.4 Å². The number of alkyl halides is 2. The average Bonchev–Trinajstić information content (AvgIpc) is 2.99. The Morgan fingerprint density at radius 3 is 2.46 bits per heavy atom. The molecule has 0 amide bonds. The van der Waals surface area contributed by atoms with E-state index in [9.17, 15) is 21.6 Å². The maximum absolute atomic E-state index is 14.2. The van der Waals surface area contributed by atoms with Crippen molar-refractivity contribution in [3.63, 3.8) is 0 Å². The van der Waals surface area contributed by atoms with Crippen LogP contribution in [-0.4, -0.2) is 29.4 Å². The monoisotopic (exact) mass is 381 g/mol. The lowest BCUT2D eigenvalue weighted by Crippen LogP contribution is -2.05. The summed E-state index contributed by atoms with van der Waals surface area (Å²) < 4.78 is 64.8. The molecule has 0 aliphatic carbocycles. The van der Waals surface area contributed by atoms with E-state index < -0.39 is 32.7 Å². The third-order valence-electron chi connectivity index (χ3n) is 3.79. The van der Waals surface area contributed by atoms with Gasteiger partial charge in [0, 0.05) is 29.8 Å². The van der Waals surface area contributed by atoms with Gasteiger partial charge in [0.2, 0.25) is 0 Å². The summed E-state index contributed by atoms with van der Waals surface area (Å²) in [6.45, 7) is 1.71. The molecule has 9 heteroatoms. The smallest absolute Gasteiger partial charge is 0.261 e. The topological polar surface area (TPSA) is 64.8 Å². The Morgan fingerprint density at radius 1 is 1.15 bits per heavy atom. The van der Waals surface area contributed by atoms with E-state index in [1.807, 2.05) is 0 Å². The molecule has 0 fully saturated rings. The zero-order chi connectivity index (χ0) is 19.1. The number of benzene rings is 1. The molecule has 0 aliphatic rings. The Balaban J connectivity index is 2.22. The minimum Gasteiger partial charge on any atom is -0.261 e. The molecule has 0 saturated heterocycles. The summed E-state index contributed by atoms with van der Waals surface area (Å²) >= 11 is 0.